The first-order valence-corrected chi connectivity index (χ1v) is 8.42. The predicted octanol–water partition coefficient (Wildman–Crippen LogP) is 3.32. The highest BCUT2D eigenvalue weighted by Gasteiger charge is 2.22. The number of thiophene rings is 1. The van der Waals surface area contributed by atoms with Gasteiger partial charge in [0.15, 0.2) is 5.96 Å². The van der Waals surface area contributed by atoms with E-state index in [9.17, 15) is 0 Å². The highest BCUT2D eigenvalue weighted by molar-refractivity contribution is 7.09. The molecule has 3 rings (SSSR count). The molecule has 1 aliphatic rings. The van der Waals surface area contributed by atoms with Gasteiger partial charge in [-0.1, -0.05) is 24.3 Å². The summed E-state index contributed by atoms with van der Waals surface area (Å²) in [6, 6.07) is 12.9. The largest absolute Gasteiger partial charge is 0.356 e. The molecule has 1 aliphatic heterocycles. The summed E-state index contributed by atoms with van der Waals surface area (Å²) >= 11 is 1.81. The molecule has 0 saturated carbocycles. The van der Waals surface area contributed by atoms with Gasteiger partial charge in [-0.05, 0) is 36.4 Å². The molecule has 0 bridgehead atoms. The number of rotatable bonds is 4. The van der Waals surface area contributed by atoms with Crippen LogP contribution in [0.2, 0.25) is 0 Å². The Kier molecular flexibility index (Phi) is 4.55. The van der Waals surface area contributed by atoms with E-state index in [2.05, 4.69) is 58.9 Å². The van der Waals surface area contributed by atoms with Crippen molar-refractivity contribution >= 4 is 23.0 Å². The molecule has 1 N–H and O–H groups in total. The molecule has 3 nitrogen and oxygen atoms in total. The van der Waals surface area contributed by atoms with Crippen molar-refractivity contribution in [3.8, 4) is 0 Å². The quantitative estimate of drug-likeness (QED) is 0.693. The third-order valence-electron chi connectivity index (χ3n) is 3.68. The topological polar surface area (TPSA) is 27.6 Å². The van der Waals surface area contributed by atoms with E-state index in [-0.39, 0.29) is 0 Å². The lowest BCUT2D eigenvalue weighted by atomic mass is 10.2. The number of para-hydroxylation sites is 1. The van der Waals surface area contributed by atoms with Crippen LogP contribution in [0.5, 0.6) is 0 Å². The van der Waals surface area contributed by atoms with Gasteiger partial charge in [-0.2, -0.15) is 0 Å². The molecule has 4 heteroatoms. The Morgan fingerprint density at radius 1 is 1.29 bits per heavy atom. The molecule has 0 amide bonds. The summed E-state index contributed by atoms with van der Waals surface area (Å²) in [4.78, 5) is 8.52. The van der Waals surface area contributed by atoms with Crippen molar-refractivity contribution < 1.29 is 0 Å². The van der Waals surface area contributed by atoms with E-state index in [1.54, 1.807) is 11.3 Å². The molecule has 110 valence electrons. The number of guanidine groups is 1. The lowest BCUT2D eigenvalue weighted by Gasteiger charge is -2.22. The van der Waals surface area contributed by atoms with Gasteiger partial charge >= 0.3 is 0 Å². The van der Waals surface area contributed by atoms with Gasteiger partial charge in [-0.25, -0.2) is 0 Å². The van der Waals surface area contributed by atoms with Crippen LogP contribution >= 0.6 is 11.3 Å². The van der Waals surface area contributed by atoms with Crippen LogP contribution in [-0.2, 0) is 12.8 Å². The Balaban J connectivity index is 1.72. The van der Waals surface area contributed by atoms with Gasteiger partial charge in [0.1, 0.15) is 0 Å². The second-order valence-corrected chi connectivity index (χ2v) is 6.13. The standard InChI is InChI=1S/C17H21N3S/c1-2-18-17(19-11-9-15-7-5-13-21-15)20-12-10-14-6-3-4-8-16(14)20/h3-8,13H,2,9-12H2,1H3,(H,18,19). The highest BCUT2D eigenvalue weighted by Crippen LogP contribution is 2.27. The van der Waals surface area contributed by atoms with Crippen LogP contribution in [0.25, 0.3) is 0 Å². The normalized spacial score (nSPS) is 14.3. The Hall–Kier alpha value is -1.81. The van der Waals surface area contributed by atoms with E-state index in [4.69, 9.17) is 4.99 Å². The van der Waals surface area contributed by atoms with E-state index in [0.717, 1.165) is 38.4 Å². The SMILES string of the molecule is CCNC(=NCCc1cccs1)N1CCc2ccccc21. The van der Waals surface area contributed by atoms with E-state index in [1.165, 1.54) is 16.1 Å². The van der Waals surface area contributed by atoms with E-state index in [0.29, 0.717) is 0 Å². The maximum Gasteiger partial charge on any atom is 0.198 e. The fourth-order valence-corrected chi connectivity index (χ4v) is 3.38. The zero-order valence-corrected chi connectivity index (χ0v) is 13.2. The van der Waals surface area contributed by atoms with Crippen molar-refractivity contribution in [2.24, 2.45) is 4.99 Å². The predicted molar refractivity (Wildman–Crippen MR) is 91.5 cm³/mol. The number of anilines is 1. The maximum absolute atomic E-state index is 4.81. The molecule has 0 fully saturated rings. The van der Waals surface area contributed by atoms with Crippen LogP contribution in [0.15, 0.2) is 46.8 Å². The second-order valence-electron chi connectivity index (χ2n) is 5.10. The molecule has 1 aromatic heterocycles. The van der Waals surface area contributed by atoms with Crippen molar-refractivity contribution in [1.82, 2.24) is 5.32 Å². The average Bonchev–Trinajstić information content (AvgIpc) is 3.16. The van der Waals surface area contributed by atoms with E-state index < -0.39 is 0 Å². The van der Waals surface area contributed by atoms with Crippen LogP contribution in [0.3, 0.4) is 0 Å². The first-order valence-electron chi connectivity index (χ1n) is 7.54. The van der Waals surface area contributed by atoms with Crippen molar-refractivity contribution in [2.45, 2.75) is 19.8 Å². The zero-order chi connectivity index (χ0) is 14.5. The number of hydrogen-bond donors (Lipinski definition) is 1. The molecule has 0 unspecified atom stereocenters. The fraction of sp³-hybridized carbons (Fsp3) is 0.353. The first-order chi connectivity index (χ1) is 10.4. The van der Waals surface area contributed by atoms with Crippen molar-refractivity contribution in [3.05, 3.63) is 52.2 Å². The average molecular weight is 299 g/mol. The molecule has 0 radical (unpaired) electrons. The van der Waals surface area contributed by atoms with Crippen molar-refractivity contribution in [1.29, 1.82) is 0 Å². The van der Waals surface area contributed by atoms with Crippen LogP contribution in [0.1, 0.15) is 17.4 Å². The molecule has 0 atom stereocenters. The minimum atomic E-state index is 0.835. The summed E-state index contributed by atoms with van der Waals surface area (Å²) in [6.07, 6.45) is 2.12. The minimum absolute atomic E-state index is 0.835. The summed E-state index contributed by atoms with van der Waals surface area (Å²) in [5.41, 5.74) is 2.72. The number of nitrogens with one attached hydrogen (secondary N) is 1. The maximum atomic E-state index is 4.81. The highest BCUT2D eigenvalue weighted by atomic mass is 32.1. The van der Waals surface area contributed by atoms with Gasteiger partial charge in [0, 0.05) is 36.6 Å². The number of fused-ring (bicyclic) bond motifs is 1. The Bertz CT molecular complexity index is 604. The van der Waals surface area contributed by atoms with Crippen LogP contribution in [0, 0.1) is 0 Å². The van der Waals surface area contributed by atoms with Gasteiger partial charge in [-0.3, -0.25) is 4.99 Å². The third-order valence-corrected chi connectivity index (χ3v) is 4.61. The molecule has 2 aromatic rings. The lowest BCUT2D eigenvalue weighted by molar-refractivity contribution is 0.875. The summed E-state index contributed by atoms with van der Waals surface area (Å²) in [5.74, 6) is 1.01. The van der Waals surface area contributed by atoms with Crippen LogP contribution in [0.4, 0.5) is 5.69 Å². The van der Waals surface area contributed by atoms with Gasteiger partial charge < -0.3 is 10.2 Å². The number of nitrogens with zero attached hydrogens (tertiary/aromatic N) is 2. The Morgan fingerprint density at radius 3 is 3.00 bits per heavy atom. The van der Waals surface area contributed by atoms with Gasteiger partial charge in [0.25, 0.3) is 0 Å². The Labute approximate surface area is 130 Å². The van der Waals surface area contributed by atoms with Crippen LogP contribution < -0.4 is 10.2 Å². The summed E-state index contributed by atoms with van der Waals surface area (Å²) in [6.45, 7) is 4.87. The summed E-state index contributed by atoms with van der Waals surface area (Å²) in [5, 5.41) is 5.55. The fourth-order valence-electron chi connectivity index (χ4n) is 2.68. The molecule has 0 aliphatic carbocycles. The monoisotopic (exact) mass is 299 g/mol. The van der Waals surface area contributed by atoms with Gasteiger partial charge in [-0.15, -0.1) is 11.3 Å². The van der Waals surface area contributed by atoms with Crippen molar-refractivity contribution in [3.63, 3.8) is 0 Å². The number of aliphatic imine (C=N–C) groups is 1. The van der Waals surface area contributed by atoms with E-state index >= 15 is 0 Å². The zero-order valence-electron chi connectivity index (χ0n) is 12.4. The number of hydrogen-bond acceptors (Lipinski definition) is 2. The van der Waals surface area contributed by atoms with Gasteiger partial charge in [0.05, 0.1) is 0 Å². The Morgan fingerprint density at radius 2 is 2.19 bits per heavy atom. The molecule has 2 heterocycles. The molecule has 1 aromatic carbocycles. The van der Waals surface area contributed by atoms with Crippen molar-refractivity contribution in [2.75, 3.05) is 24.5 Å². The summed E-state index contributed by atoms with van der Waals surface area (Å²) in [7, 11) is 0. The number of benzene rings is 1. The molecular formula is C17H21N3S. The van der Waals surface area contributed by atoms with E-state index in [1.807, 2.05) is 0 Å². The van der Waals surface area contributed by atoms with Crippen LogP contribution in [-0.4, -0.2) is 25.6 Å². The molecule has 0 saturated heterocycles. The third kappa shape index (κ3) is 3.27. The van der Waals surface area contributed by atoms with Gasteiger partial charge in [0.2, 0.25) is 0 Å². The minimum Gasteiger partial charge on any atom is -0.356 e. The summed E-state index contributed by atoms with van der Waals surface area (Å²) < 4.78 is 0. The smallest absolute Gasteiger partial charge is 0.198 e. The molecule has 0 spiro atoms. The first kappa shape index (κ1) is 14.1. The lowest BCUT2D eigenvalue weighted by Crippen LogP contribution is -2.40. The molecule has 21 heavy (non-hydrogen) atoms. The second kappa shape index (κ2) is 6.76. The molecular weight excluding hydrogens is 278 g/mol.